The molecule has 0 unspecified atom stereocenters. The quantitative estimate of drug-likeness (QED) is 0.660. The van der Waals surface area contributed by atoms with Crippen LogP contribution in [0.3, 0.4) is 0 Å². The Morgan fingerprint density at radius 1 is 1.21 bits per heavy atom. The highest BCUT2D eigenvalue weighted by atomic mass is 35.5. The normalized spacial score (nSPS) is 17.5. The van der Waals surface area contributed by atoms with Crippen molar-refractivity contribution in [2.75, 3.05) is 46.3 Å². The molecule has 0 bridgehead atoms. The number of likely N-dealkylation sites (tertiary alicyclic amines) is 1. The van der Waals surface area contributed by atoms with E-state index in [1.165, 1.54) is 7.05 Å². The van der Waals surface area contributed by atoms with E-state index in [0.717, 1.165) is 4.90 Å². The second kappa shape index (κ2) is 10.3. The van der Waals surface area contributed by atoms with Crippen molar-refractivity contribution in [2.24, 2.45) is 5.92 Å². The van der Waals surface area contributed by atoms with E-state index in [0.29, 0.717) is 43.1 Å². The number of hydrogen-bond donors (Lipinski definition) is 0. The molecule has 2 rings (SSSR count). The first-order chi connectivity index (χ1) is 13.6. The summed E-state index contributed by atoms with van der Waals surface area (Å²) in [7, 11) is 1.39. The fourth-order valence-electron chi connectivity index (χ4n) is 3.50. The zero-order chi connectivity index (χ0) is 21.6. The maximum Gasteiger partial charge on any atom is 0.401 e. The van der Waals surface area contributed by atoms with Gasteiger partial charge in [-0.2, -0.15) is 13.2 Å². The highest BCUT2D eigenvalue weighted by Gasteiger charge is 2.32. The lowest BCUT2D eigenvalue weighted by Gasteiger charge is -2.35. The minimum atomic E-state index is -4.26. The molecule has 1 heterocycles. The van der Waals surface area contributed by atoms with E-state index < -0.39 is 12.7 Å². The summed E-state index contributed by atoms with van der Waals surface area (Å²) in [5.74, 6) is -0.596. The van der Waals surface area contributed by atoms with E-state index >= 15 is 0 Å². The summed E-state index contributed by atoms with van der Waals surface area (Å²) in [6.45, 7) is 2.47. The molecule has 0 N–H and O–H groups in total. The molecule has 162 valence electrons. The molecule has 0 aliphatic carbocycles. The van der Waals surface area contributed by atoms with Gasteiger partial charge in [-0.25, -0.2) is 0 Å². The molecule has 1 saturated heterocycles. The zero-order valence-corrected chi connectivity index (χ0v) is 17.5. The van der Waals surface area contributed by atoms with Crippen LogP contribution in [0.2, 0.25) is 5.02 Å². The first kappa shape index (κ1) is 23.5. The Hall–Kier alpha value is -1.80. The number of halogens is 4. The number of rotatable bonds is 7. The number of carbonyl (C=O) groups is 2. The lowest BCUT2D eigenvalue weighted by molar-refractivity contribution is -0.144. The molecule has 1 aliphatic heterocycles. The molecule has 29 heavy (non-hydrogen) atoms. The van der Waals surface area contributed by atoms with Crippen LogP contribution >= 0.6 is 11.6 Å². The van der Waals surface area contributed by atoms with Gasteiger partial charge in [0, 0.05) is 43.3 Å². The average molecular weight is 434 g/mol. The highest BCUT2D eigenvalue weighted by Crippen LogP contribution is 2.22. The van der Waals surface area contributed by atoms with E-state index in [1.807, 2.05) is 0 Å². The maximum absolute atomic E-state index is 12.9. The Bertz CT molecular complexity index is 697. The van der Waals surface area contributed by atoms with Crippen molar-refractivity contribution in [1.29, 1.82) is 0 Å². The van der Waals surface area contributed by atoms with E-state index in [2.05, 4.69) is 0 Å². The highest BCUT2D eigenvalue weighted by molar-refractivity contribution is 6.30. The number of benzene rings is 1. The van der Waals surface area contributed by atoms with Gasteiger partial charge in [0.25, 0.3) is 5.91 Å². The zero-order valence-electron chi connectivity index (χ0n) is 16.7. The largest absolute Gasteiger partial charge is 0.401 e. The summed E-state index contributed by atoms with van der Waals surface area (Å²) in [5.41, 5.74) is 0.517. The molecule has 1 aliphatic rings. The molecule has 0 saturated carbocycles. The molecule has 1 atom stereocenters. The number of likely N-dealkylation sites (N-methyl/N-ethyl adjacent to an activating group) is 2. The van der Waals surface area contributed by atoms with Crippen molar-refractivity contribution in [3.8, 4) is 0 Å². The van der Waals surface area contributed by atoms with Crippen LogP contribution in [0, 0.1) is 5.92 Å². The van der Waals surface area contributed by atoms with Crippen molar-refractivity contribution in [3.63, 3.8) is 0 Å². The predicted molar refractivity (Wildman–Crippen MR) is 106 cm³/mol. The molecule has 0 aromatic heterocycles. The van der Waals surface area contributed by atoms with Gasteiger partial charge in [0.15, 0.2) is 0 Å². The summed E-state index contributed by atoms with van der Waals surface area (Å²) >= 11 is 5.86. The monoisotopic (exact) mass is 433 g/mol. The third-order valence-electron chi connectivity index (χ3n) is 5.04. The predicted octanol–water partition coefficient (Wildman–Crippen LogP) is 3.53. The molecule has 1 aromatic carbocycles. The van der Waals surface area contributed by atoms with E-state index in [4.69, 9.17) is 11.6 Å². The van der Waals surface area contributed by atoms with Gasteiger partial charge >= 0.3 is 6.18 Å². The van der Waals surface area contributed by atoms with Crippen molar-refractivity contribution in [1.82, 2.24) is 14.7 Å². The topological polar surface area (TPSA) is 43.9 Å². The number of alkyl halides is 3. The third-order valence-corrected chi connectivity index (χ3v) is 5.30. The Labute approximate surface area is 174 Å². The average Bonchev–Trinajstić information content (AvgIpc) is 2.67. The molecule has 1 aromatic rings. The van der Waals surface area contributed by atoms with Gasteiger partial charge in [-0.3, -0.25) is 14.5 Å². The Morgan fingerprint density at radius 3 is 2.45 bits per heavy atom. The SMILES string of the molecule is CCN(CCN(C)CC(F)(F)F)C(=O)[C@@H]1CCCN(C(=O)c2ccc(Cl)cc2)C1. The number of amides is 2. The minimum absolute atomic E-state index is 0.110. The first-order valence-electron chi connectivity index (χ1n) is 9.69. The summed E-state index contributed by atoms with van der Waals surface area (Å²) < 4.78 is 37.4. The van der Waals surface area contributed by atoms with Gasteiger partial charge in [0.05, 0.1) is 12.5 Å². The van der Waals surface area contributed by atoms with Crippen molar-refractivity contribution in [2.45, 2.75) is 25.9 Å². The Balaban J connectivity index is 1.94. The number of carbonyl (C=O) groups excluding carboxylic acids is 2. The van der Waals surface area contributed by atoms with Gasteiger partial charge in [-0.1, -0.05) is 11.6 Å². The van der Waals surface area contributed by atoms with Gasteiger partial charge in [-0.15, -0.1) is 0 Å². The second-order valence-electron chi connectivity index (χ2n) is 7.37. The molecule has 0 spiro atoms. The number of nitrogens with zero attached hydrogens (tertiary/aromatic N) is 3. The van der Waals surface area contributed by atoms with Crippen molar-refractivity contribution < 1.29 is 22.8 Å². The van der Waals surface area contributed by atoms with Crippen LogP contribution in [0.4, 0.5) is 13.2 Å². The van der Waals surface area contributed by atoms with Crippen LogP contribution < -0.4 is 0 Å². The maximum atomic E-state index is 12.9. The fourth-order valence-corrected chi connectivity index (χ4v) is 3.62. The lowest BCUT2D eigenvalue weighted by atomic mass is 9.95. The second-order valence-corrected chi connectivity index (χ2v) is 7.80. The lowest BCUT2D eigenvalue weighted by Crippen LogP contribution is -2.48. The van der Waals surface area contributed by atoms with Crippen molar-refractivity contribution in [3.05, 3.63) is 34.9 Å². The Kier molecular flexibility index (Phi) is 8.34. The standard InChI is InChI=1S/C20H27ClF3N3O2/c1-3-26(12-11-25(2)14-20(22,23)24)19(29)16-5-4-10-27(13-16)18(28)15-6-8-17(21)9-7-15/h6-9,16H,3-5,10-14H2,1-2H3/t16-/m1/s1. The van der Waals surface area contributed by atoms with Crippen molar-refractivity contribution >= 4 is 23.4 Å². The number of hydrogen-bond acceptors (Lipinski definition) is 3. The Morgan fingerprint density at radius 2 is 1.86 bits per heavy atom. The molecule has 0 radical (unpaired) electrons. The molecule has 1 fully saturated rings. The van der Waals surface area contributed by atoms with E-state index in [-0.39, 0.29) is 30.8 Å². The van der Waals surface area contributed by atoms with Crippen LogP contribution in [0.25, 0.3) is 0 Å². The van der Waals surface area contributed by atoms with Gasteiger partial charge in [0.1, 0.15) is 0 Å². The van der Waals surface area contributed by atoms with E-state index in [1.54, 1.807) is 41.0 Å². The number of piperidine rings is 1. The molecular weight excluding hydrogens is 407 g/mol. The first-order valence-corrected chi connectivity index (χ1v) is 10.1. The van der Waals surface area contributed by atoms with Crippen LogP contribution in [0.1, 0.15) is 30.1 Å². The summed E-state index contributed by atoms with van der Waals surface area (Å²) in [6, 6.07) is 6.62. The van der Waals surface area contributed by atoms with Gasteiger partial charge in [-0.05, 0) is 51.1 Å². The molecule has 2 amide bonds. The van der Waals surface area contributed by atoms with Crippen LogP contribution in [0.15, 0.2) is 24.3 Å². The van der Waals surface area contributed by atoms with Crippen LogP contribution in [0.5, 0.6) is 0 Å². The summed E-state index contributed by atoms with van der Waals surface area (Å²) in [4.78, 5) is 30.0. The smallest absolute Gasteiger partial charge is 0.341 e. The molecule has 5 nitrogen and oxygen atoms in total. The molecular formula is C20H27ClF3N3O2. The summed E-state index contributed by atoms with van der Waals surface area (Å²) in [6.07, 6.45) is -2.89. The van der Waals surface area contributed by atoms with E-state index in [9.17, 15) is 22.8 Å². The third kappa shape index (κ3) is 7.19. The van der Waals surface area contributed by atoms with Gasteiger partial charge < -0.3 is 9.80 Å². The van der Waals surface area contributed by atoms with Gasteiger partial charge in [0.2, 0.25) is 5.91 Å². The molecule has 9 heteroatoms. The summed E-state index contributed by atoms with van der Waals surface area (Å²) in [5, 5.41) is 0.544. The van der Waals surface area contributed by atoms with Crippen LogP contribution in [-0.4, -0.2) is 79.0 Å². The fraction of sp³-hybridized carbons (Fsp3) is 0.600. The van der Waals surface area contributed by atoms with Crippen LogP contribution in [-0.2, 0) is 4.79 Å². The minimum Gasteiger partial charge on any atom is -0.341 e.